The number of urea groups is 1. The maximum atomic E-state index is 12.7. The Balaban J connectivity index is 1.42. The third-order valence-corrected chi connectivity index (χ3v) is 5.91. The summed E-state index contributed by atoms with van der Waals surface area (Å²) in [5.41, 5.74) is 3.23. The van der Waals surface area contributed by atoms with Crippen LogP contribution in [0.25, 0.3) is 0 Å². The second-order valence-corrected chi connectivity index (χ2v) is 7.85. The predicted octanol–water partition coefficient (Wildman–Crippen LogP) is 2.75. The third kappa shape index (κ3) is 3.69. The molecule has 4 rings (SSSR count). The van der Waals surface area contributed by atoms with E-state index in [0.29, 0.717) is 19.0 Å². The number of carbonyl (C=O) groups is 1. The smallest absolute Gasteiger partial charge is 0.315 e. The van der Waals surface area contributed by atoms with Gasteiger partial charge in [-0.1, -0.05) is 6.07 Å². The Morgan fingerprint density at radius 1 is 1.07 bits per heavy atom. The van der Waals surface area contributed by atoms with Crippen molar-refractivity contribution in [3.63, 3.8) is 0 Å². The Hall–Kier alpha value is -2.41. The van der Waals surface area contributed by atoms with E-state index in [9.17, 15) is 4.79 Å². The van der Waals surface area contributed by atoms with Crippen molar-refractivity contribution in [3.05, 3.63) is 41.0 Å². The fourth-order valence-corrected chi connectivity index (χ4v) is 3.94. The molecule has 0 unspecified atom stereocenters. The minimum Gasteiger partial charge on any atom is -0.315 e. The molecule has 0 atom stereocenters. The number of nitrogens with zero attached hydrogens (tertiary/aromatic N) is 5. The molecule has 1 saturated heterocycles. The summed E-state index contributed by atoms with van der Waals surface area (Å²) in [5, 5.41) is 11.9. The first-order valence-corrected chi connectivity index (χ1v) is 9.75. The van der Waals surface area contributed by atoms with Crippen molar-refractivity contribution < 1.29 is 4.79 Å². The number of rotatable bonds is 2. The number of likely N-dealkylation sites (tertiary alicyclic amines) is 1. The lowest BCUT2D eigenvalue weighted by Crippen LogP contribution is -2.41. The topological polar surface area (TPSA) is 66.3 Å². The molecule has 2 aromatic rings. The van der Waals surface area contributed by atoms with E-state index < -0.39 is 0 Å². The molecule has 27 heavy (non-hydrogen) atoms. The highest BCUT2D eigenvalue weighted by molar-refractivity contribution is 5.89. The lowest BCUT2D eigenvalue weighted by Gasteiger charge is -2.31. The van der Waals surface area contributed by atoms with Crippen LogP contribution in [0.15, 0.2) is 18.2 Å². The van der Waals surface area contributed by atoms with Crippen LogP contribution in [0.3, 0.4) is 0 Å². The Bertz CT molecular complexity index is 837. The first-order chi connectivity index (χ1) is 13.0. The number of carbonyl (C=O) groups excluding carboxylic acids is 1. The molecule has 7 nitrogen and oxygen atoms in total. The quantitative estimate of drug-likeness (QED) is 0.885. The third-order valence-electron chi connectivity index (χ3n) is 5.91. The van der Waals surface area contributed by atoms with Crippen molar-refractivity contribution in [3.8, 4) is 0 Å². The zero-order chi connectivity index (χ0) is 19.0. The molecule has 2 aliphatic heterocycles. The van der Waals surface area contributed by atoms with E-state index in [0.717, 1.165) is 49.8 Å². The van der Waals surface area contributed by atoms with Crippen molar-refractivity contribution in [2.75, 3.05) is 32.0 Å². The minimum atomic E-state index is -0.0756. The summed E-state index contributed by atoms with van der Waals surface area (Å²) < 4.78 is 2.23. The average Bonchev–Trinajstić information content (AvgIpc) is 3.08. The lowest BCUT2D eigenvalue weighted by atomic mass is 9.96. The van der Waals surface area contributed by atoms with Gasteiger partial charge in [-0.3, -0.25) is 0 Å². The van der Waals surface area contributed by atoms with E-state index in [1.54, 1.807) is 0 Å². The second kappa shape index (κ2) is 7.31. The monoisotopic (exact) mass is 368 g/mol. The number of nitrogens with one attached hydrogen (secondary N) is 1. The molecule has 7 heteroatoms. The molecule has 0 bridgehead atoms. The Morgan fingerprint density at radius 3 is 2.59 bits per heavy atom. The van der Waals surface area contributed by atoms with Crippen LogP contribution in [-0.2, 0) is 13.1 Å². The summed E-state index contributed by atoms with van der Waals surface area (Å²) in [5.74, 6) is 2.48. The van der Waals surface area contributed by atoms with Crippen molar-refractivity contribution in [2.45, 2.75) is 45.7 Å². The van der Waals surface area contributed by atoms with E-state index in [-0.39, 0.29) is 6.03 Å². The largest absolute Gasteiger partial charge is 0.322 e. The van der Waals surface area contributed by atoms with Crippen LogP contribution < -0.4 is 5.32 Å². The number of anilines is 1. The van der Waals surface area contributed by atoms with Crippen LogP contribution in [0, 0.1) is 13.8 Å². The van der Waals surface area contributed by atoms with Crippen molar-refractivity contribution in [1.29, 1.82) is 0 Å². The Morgan fingerprint density at radius 2 is 1.85 bits per heavy atom. The van der Waals surface area contributed by atoms with Gasteiger partial charge < -0.3 is 19.7 Å². The summed E-state index contributed by atoms with van der Waals surface area (Å²) in [6, 6.07) is 5.92. The number of amides is 2. The van der Waals surface area contributed by atoms with Gasteiger partial charge in [-0.15, -0.1) is 10.2 Å². The van der Waals surface area contributed by atoms with Gasteiger partial charge in [0.2, 0.25) is 0 Å². The summed E-state index contributed by atoms with van der Waals surface area (Å²) >= 11 is 0. The molecule has 0 saturated carbocycles. The van der Waals surface area contributed by atoms with Crippen LogP contribution in [0.2, 0.25) is 0 Å². The van der Waals surface area contributed by atoms with Gasteiger partial charge in [0.1, 0.15) is 5.82 Å². The highest BCUT2D eigenvalue weighted by Crippen LogP contribution is 2.28. The zero-order valence-electron chi connectivity index (χ0n) is 16.4. The highest BCUT2D eigenvalue weighted by Gasteiger charge is 2.29. The summed E-state index contributed by atoms with van der Waals surface area (Å²) in [6.45, 7) is 8.30. The van der Waals surface area contributed by atoms with Crippen LogP contribution in [0.4, 0.5) is 10.5 Å². The van der Waals surface area contributed by atoms with Crippen molar-refractivity contribution in [2.24, 2.45) is 0 Å². The van der Waals surface area contributed by atoms with E-state index in [2.05, 4.69) is 45.9 Å². The number of piperidine rings is 1. The van der Waals surface area contributed by atoms with Crippen LogP contribution in [0.5, 0.6) is 0 Å². The van der Waals surface area contributed by atoms with Crippen LogP contribution in [-0.4, -0.2) is 57.3 Å². The number of hydrogen-bond acceptors (Lipinski definition) is 4. The summed E-state index contributed by atoms with van der Waals surface area (Å²) in [6.07, 6.45) is 2.26. The SMILES string of the molecule is Cc1ccc(NC(=O)N2CCn3c(nnc3C3CCN(C)CC3)C2)cc1C. The molecule has 1 fully saturated rings. The van der Waals surface area contributed by atoms with Gasteiger partial charge in [0.25, 0.3) is 0 Å². The number of aryl methyl sites for hydroxylation is 2. The zero-order valence-corrected chi connectivity index (χ0v) is 16.4. The molecule has 0 radical (unpaired) electrons. The molecule has 1 aromatic carbocycles. The highest BCUT2D eigenvalue weighted by atomic mass is 16.2. The first kappa shape index (κ1) is 18.0. The molecule has 144 valence electrons. The summed E-state index contributed by atoms with van der Waals surface area (Å²) in [4.78, 5) is 16.9. The minimum absolute atomic E-state index is 0.0756. The molecule has 2 amide bonds. The average molecular weight is 368 g/mol. The molecule has 0 aliphatic carbocycles. The maximum Gasteiger partial charge on any atom is 0.322 e. The second-order valence-electron chi connectivity index (χ2n) is 7.85. The molecule has 1 N–H and O–H groups in total. The molecular weight excluding hydrogens is 340 g/mol. The van der Waals surface area contributed by atoms with Crippen LogP contribution >= 0.6 is 0 Å². The van der Waals surface area contributed by atoms with E-state index in [1.165, 1.54) is 11.1 Å². The molecular formula is C20H28N6O. The van der Waals surface area contributed by atoms with E-state index >= 15 is 0 Å². The van der Waals surface area contributed by atoms with Gasteiger partial charge in [0.05, 0.1) is 6.54 Å². The standard InChI is InChI=1S/C20H28N6O/c1-14-4-5-17(12-15(14)2)21-20(27)25-10-11-26-18(13-25)22-23-19(26)16-6-8-24(3)9-7-16/h4-5,12,16H,6-11,13H2,1-3H3,(H,21,27). The molecule has 2 aliphatic rings. The van der Waals surface area contributed by atoms with Gasteiger partial charge in [0, 0.05) is 24.7 Å². The first-order valence-electron chi connectivity index (χ1n) is 9.75. The van der Waals surface area contributed by atoms with Crippen molar-refractivity contribution >= 4 is 11.7 Å². The van der Waals surface area contributed by atoms with Gasteiger partial charge in [-0.2, -0.15) is 0 Å². The predicted molar refractivity (Wildman–Crippen MR) is 105 cm³/mol. The molecule has 1 aromatic heterocycles. The fraction of sp³-hybridized carbons (Fsp3) is 0.550. The van der Waals surface area contributed by atoms with Crippen molar-refractivity contribution in [1.82, 2.24) is 24.6 Å². The van der Waals surface area contributed by atoms with Gasteiger partial charge >= 0.3 is 6.03 Å². The Kier molecular flexibility index (Phi) is 4.86. The lowest BCUT2D eigenvalue weighted by molar-refractivity contribution is 0.193. The molecule has 3 heterocycles. The maximum absolute atomic E-state index is 12.7. The normalized spacial score (nSPS) is 18.4. The molecule has 0 spiro atoms. The summed E-state index contributed by atoms with van der Waals surface area (Å²) in [7, 11) is 2.17. The van der Waals surface area contributed by atoms with Gasteiger partial charge in [-0.05, 0) is 70.1 Å². The number of benzene rings is 1. The Labute approximate surface area is 160 Å². The number of fused-ring (bicyclic) bond motifs is 1. The number of aromatic nitrogens is 3. The van der Waals surface area contributed by atoms with Gasteiger partial charge in [-0.25, -0.2) is 4.79 Å². The van der Waals surface area contributed by atoms with E-state index in [4.69, 9.17) is 0 Å². The van der Waals surface area contributed by atoms with Gasteiger partial charge in [0.15, 0.2) is 5.82 Å². The van der Waals surface area contributed by atoms with E-state index in [1.807, 2.05) is 23.1 Å². The fourth-order valence-electron chi connectivity index (χ4n) is 3.94. The van der Waals surface area contributed by atoms with Crippen LogP contribution in [0.1, 0.15) is 41.5 Å². The number of hydrogen-bond donors (Lipinski definition) is 1.